The molecule has 0 saturated carbocycles. The SMILES string of the molecule is Brc1cc(CNN2CCCCC2)oc1Br. The molecule has 2 heterocycles. The van der Waals surface area contributed by atoms with E-state index in [2.05, 4.69) is 42.3 Å². The lowest BCUT2D eigenvalue weighted by atomic mass is 10.2. The third kappa shape index (κ3) is 3.31. The minimum Gasteiger partial charge on any atom is -0.452 e. The summed E-state index contributed by atoms with van der Waals surface area (Å²) >= 11 is 6.73. The third-order valence-electron chi connectivity index (χ3n) is 2.53. The van der Waals surface area contributed by atoms with Gasteiger partial charge in [-0.25, -0.2) is 10.4 Å². The summed E-state index contributed by atoms with van der Waals surface area (Å²) in [4.78, 5) is 0. The molecule has 1 aliphatic heterocycles. The Morgan fingerprint density at radius 3 is 2.60 bits per heavy atom. The van der Waals surface area contributed by atoms with Crippen molar-refractivity contribution in [2.75, 3.05) is 13.1 Å². The summed E-state index contributed by atoms with van der Waals surface area (Å²) < 4.78 is 7.22. The van der Waals surface area contributed by atoms with E-state index in [0.717, 1.165) is 34.5 Å². The molecule has 1 aliphatic rings. The number of hydrazine groups is 1. The van der Waals surface area contributed by atoms with E-state index in [9.17, 15) is 0 Å². The number of piperidine rings is 1. The molecule has 1 N–H and O–H groups in total. The van der Waals surface area contributed by atoms with Crippen LogP contribution >= 0.6 is 31.9 Å². The van der Waals surface area contributed by atoms with E-state index in [-0.39, 0.29) is 0 Å². The molecule has 0 atom stereocenters. The van der Waals surface area contributed by atoms with Gasteiger partial charge < -0.3 is 4.42 Å². The molecule has 0 amide bonds. The molecule has 0 radical (unpaired) electrons. The molecule has 5 heteroatoms. The van der Waals surface area contributed by atoms with Crippen LogP contribution in [-0.2, 0) is 6.54 Å². The number of furan rings is 1. The monoisotopic (exact) mass is 336 g/mol. The van der Waals surface area contributed by atoms with E-state index >= 15 is 0 Å². The molecule has 0 spiro atoms. The van der Waals surface area contributed by atoms with Crippen molar-refractivity contribution < 1.29 is 4.42 Å². The van der Waals surface area contributed by atoms with Gasteiger partial charge in [-0.15, -0.1) is 0 Å². The number of rotatable bonds is 3. The van der Waals surface area contributed by atoms with Crippen LogP contribution in [0.15, 0.2) is 19.6 Å². The van der Waals surface area contributed by atoms with Crippen LogP contribution in [0.3, 0.4) is 0 Å². The van der Waals surface area contributed by atoms with Crippen LogP contribution in [0.25, 0.3) is 0 Å². The van der Waals surface area contributed by atoms with Crippen molar-refractivity contribution in [1.29, 1.82) is 0 Å². The lowest BCUT2D eigenvalue weighted by molar-refractivity contribution is 0.146. The zero-order valence-corrected chi connectivity index (χ0v) is 11.6. The first kappa shape index (κ1) is 11.6. The number of nitrogens with one attached hydrogen (secondary N) is 1. The summed E-state index contributed by atoms with van der Waals surface area (Å²) in [6.07, 6.45) is 3.94. The van der Waals surface area contributed by atoms with Crippen LogP contribution in [0.1, 0.15) is 25.0 Å². The maximum atomic E-state index is 5.49. The Labute approximate surface area is 106 Å². The molecule has 1 aromatic rings. The average molecular weight is 338 g/mol. The van der Waals surface area contributed by atoms with Gasteiger partial charge in [-0.2, -0.15) is 0 Å². The summed E-state index contributed by atoms with van der Waals surface area (Å²) in [5.41, 5.74) is 3.38. The van der Waals surface area contributed by atoms with Gasteiger partial charge in [0.15, 0.2) is 4.67 Å². The Balaban J connectivity index is 1.81. The minimum atomic E-state index is 0.754. The van der Waals surface area contributed by atoms with E-state index in [1.54, 1.807) is 0 Å². The lowest BCUT2D eigenvalue weighted by Crippen LogP contribution is -2.41. The molecule has 1 saturated heterocycles. The predicted molar refractivity (Wildman–Crippen MR) is 66.4 cm³/mol. The second kappa shape index (κ2) is 5.48. The van der Waals surface area contributed by atoms with Crippen molar-refractivity contribution in [2.45, 2.75) is 25.8 Å². The summed E-state index contributed by atoms with van der Waals surface area (Å²) in [6.45, 7) is 3.04. The maximum absolute atomic E-state index is 5.49. The van der Waals surface area contributed by atoms with Gasteiger partial charge in [0.1, 0.15) is 5.76 Å². The average Bonchev–Trinajstić information content (AvgIpc) is 2.57. The second-order valence-corrected chi connectivity index (χ2v) is 5.29. The number of halogens is 2. The van der Waals surface area contributed by atoms with E-state index < -0.39 is 0 Å². The number of hydrogen-bond acceptors (Lipinski definition) is 3. The standard InChI is InChI=1S/C10H14Br2N2O/c11-9-6-8(15-10(9)12)7-13-14-4-2-1-3-5-14/h6,13H,1-5,7H2. The van der Waals surface area contributed by atoms with Crippen LogP contribution in [0, 0.1) is 0 Å². The maximum Gasteiger partial charge on any atom is 0.183 e. The van der Waals surface area contributed by atoms with Gasteiger partial charge in [0.2, 0.25) is 0 Å². The molecular formula is C10H14Br2N2O. The zero-order chi connectivity index (χ0) is 10.7. The lowest BCUT2D eigenvalue weighted by Gasteiger charge is -2.26. The van der Waals surface area contributed by atoms with Crippen LogP contribution in [0.2, 0.25) is 0 Å². The zero-order valence-electron chi connectivity index (χ0n) is 8.43. The molecule has 3 nitrogen and oxygen atoms in total. The highest BCUT2D eigenvalue weighted by atomic mass is 79.9. The minimum absolute atomic E-state index is 0.754. The molecule has 2 rings (SSSR count). The molecule has 84 valence electrons. The molecule has 0 aromatic carbocycles. The van der Waals surface area contributed by atoms with Gasteiger partial charge in [0, 0.05) is 13.1 Å². The second-order valence-electron chi connectivity index (χ2n) is 3.72. The first-order valence-corrected chi connectivity index (χ1v) is 6.76. The van der Waals surface area contributed by atoms with Crippen molar-refractivity contribution in [3.63, 3.8) is 0 Å². The summed E-state index contributed by atoms with van der Waals surface area (Å²) in [6, 6.07) is 1.99. The fourth-order valence-electron chi connectivity index (χ4n) is 1.72. The van der Waals surface area contributed by atoms with Gasteiger partial charge in [-0.3, -0.25) is 0 Å². The molecule has 15 heavy (non-hydrogen) atoms. The largest absolute Gasteiger partial charge is 0.452 e. The van der Waals surface area contributed by atoms with Gasteiger partial charge in [0.25, 0.3) is 0 Å². The Kier molecular flexibility index (Phi) is 4.25. The predicted octanol–water partition coefficient (Wildman–Crippen LogP) is 3.30. The van der Waals surface area contributed by atoms with Gasteiger partial charge in [-0.05, 0) is 50.8 Å². The van der Waals surface area contributed by atoms with Crippen LogP contribution in [-0.4, -0.2) is 18.1 Å². The molecule has 1 fully saturated rings. The van der Waals surface area contributed by atoms with Crippen LogP contribution in [0.5, 0.6) is 0 Å². The molecule has 0 bridgehead atoms. The van der Waals surface area contributed by atoms with Crippen molar-refractivity contribution >= 4 is 31.9 Å². The van der Waals surface area contributed by atoms with Crippen molar-refractivity contribution in [2.24, 2.45) is 0 Å². The van der Waals surface area contributed by atoms with Crippen molar-refractivity contribution in [3.8, 4) is 0 Å². The number of nitrogens with zero attached hydrogens (tertiary/aromatic N) is 1. The van der Waals surface area contributed by atoms with Crippen molar-refractivity contribution in [1.82, 2.24) is 10.4 Å². The van der Waals surface area contributed by atoms with E-state index in [4.69, 9.17) is 4.42 Å². The smallest absolute Gasteiger partial charge is 0.183 e. The molecule has 0 aliphatic carbocycles. The van der Waals surface area contributed by atoms with Crippen LogP contribution in [0.4, 0.5) is 0 Å². The highest BCUT2D eigenvalue weighted by molar-refractivity contribution is 9.13. The van der Waals surface area contributed by atoms with Crippen LogP contribution < -0.4 is 5.43 Å². The Morgan fingerprint density at radius 1 is 1.27 bits per heavy atom. The normalized spacial score (nSPS) is 18.3. The Morgan fingerprint density at radius 2 is 2.00 bits per heavy atom. The van der Waals surface area contributed by atoms with Gasteiger partial charge in [-0.1, -0.05) is 6.42 Å². The first-order valence-electron chi connectivity index (χ1n) is 5.18. The fraction of sp³-hybridized carbons (Fsp3) is 0.600. The van der Waals surface area contributed by atoms with E-state index in [1.807, 2.05) is 6.07 Å². The number of hydrogen-bond donors (Lipinski definition) is 1. The highest BCUT2D eigenvalue weighted by Gasteiger charge is 2.11. The first-order chi connectivity index (χ1) is 7.25. The molecule has 0 unspecified atom stereocenters. The Bertz CT molecular complexity index is 302. The van der Waals surface area contributed by atoms with Crippen molar-refractivity contribution in [3.05, 3.63) is 21.0 Å². The van der Waals surface area contributed by atoms with Gasteiger partial charge in [0.05, 0.1) is 11.0 Å². The summed E-state index contributed by atoms with van der Waals surface area (Å²) in [7, 11) is 0. The summed E-state index contributed by atoms with van der Waals surface area (Å²) in [5, 5.41) is 2.27. The topological polar surface area (TPSA) is 28.4 Å². The summed E-state index contributed by atoms with van der Waals surface area (Å²) in [5.74, 6) is 0.944. The molecular weight excluding hydrogens is 324 g/mol. The Hall–Kier alpha value is 0.160. The third-order valence-corrected chi connectivity index (χ3v) is 4.24. The van der Waals surface area contributed by atoms with E-state index in [1.165, 1.54) is 19.3 Å². The molecule has 1 aromatic heterocycles. The highest BCUT2D eigenvalue weighted by Crippen LogP contribution is 2.26. The van der Waals surface area contributed by atoms with Gasteiger partial charge >= 0.3 is 0 Å². The quantitative estimate of drug-likeness (QED) is 0.917. The van der Waals surface area contributed by atoms with E-state index in [0.29, 0.717) is 0 Å². The fourth-order valence-corrected chi connectivity index (χ4v) is 2.38.